The van der Waals surface area contributed by atoms with Crippen molar-refractivity contribution in [3.8, 4) is 0 Å². The van der Waals surface area contributed by atoms with Gasteiger partial charge in [0.15, 0.2) is 11.2 Å². The van der Waals surface area contributed by atoms with Crippen LogP contribution in [-0.2, 0) is 0 Å². The number of hydrogen-bond acceptors (Lipinski definition) is 4. The number of fused-ring (bicyclic) bond motifs is 1. The fourth-order valence-corrected chi connectivity index (χ4v) is 3.28. The Labute approximate surface area is 110 Å². The van der Waals surface area contributed by atoms with E-state index < -0.39 is 0 Å². The van der Waals surface area contributed by atoms with Crippen molar-refractivity contribution < 1.29 is 9.18 Å². The molecule has 3 rings (SSSR count). The Kier molecular flexibility index (Phi) is 2.89. The lowest BCUT2D eigenvalue weighted by Gasteiger charge is -2.00. The van der Waals surface area contributed by atoms with Crippen LogP contribution in [0.5, 0.6) is 0 Å². The van der Waals surface area contributed by atoms with Crippen LogP contribution in [0.25, 0.3) is 4.96 Å². The predicted molar refractivity (Wildman–Crippen MR) is 69.0 cm³/mol. The Morgan fingerprint density at radius 3 is 3.00 bits per heavy atom. The highest BCUT2D eigenvalue weighted by Gasteiger charge is 2.15. The first-order chi connectivity index (χ1) is 8.79. The SMILES string of the molecule is O=Cc1c(Sc2ccccc2F)nc2sccn12. The van der Waals surface area contributed by atoms with Crippen molar-refractivity contribution in [3.63, 3.8) is 0 Å². The van der Waals surface area contributed by atoms with Gasteiger partial charge in [-0.3, -0.25) is 9.20 Å². The fraction of sp³-hybridized carbons (Fsp3) is 0. The molecule has 0 radical (unpaired) electrons. The zero-order valence-corrected chi connectivity index (χ0v) is 10.7. The van der Waals surface area contributed by atoms with E-state index in [-0.39, 0.29) is 5.82 Å². The maximum absolute atomic E-state index is 13.6. The van der Waals surface area contributed by atoms with Crippen LogP contribution in [0.15, 0.2) is 45.8 Å². The third-order valence-corrected chi connectivity index (χ3v) is 4.22. The topological polar surface area (TPSA) is 34.4 Å². The summed E-state index contributed by atoms with van der Waals surface area (Å²) in [6, 6.07) is 6.44. The Hall–Kier alpha value is -1.66. The van der Waals surface area contributed by atoms with Gasteiger partial charge in [0.25, 0.3) is 0 Å². The van der Waals surface area contributed by atoms with Crippen LogP contribution < -0.4 is 0 Å². The van der Waals surface area contributed by atoms with Gasteiger partial charge in [0.05, 0.1) is 0 Å². The van der Waals surface area contributed by atoms with Gasteiger partial charge >= 0.3 is 0 Å². The van der Waals surface area contributed by atoms with Crippen LogP contribution in [0, 0.1) is 5.82 Å². The van der Waals surface area contributed by atoms with E-state index in [1.165, 1.54) is 17.4 Å². The molecule has 2 heterocycles. The molecule has 0 amide bonds. The highest BCUT2D eigenvalue weighted by molar-refractivity contribution is 7.99. The van der Waals surface area contributed by atoms with Crippen LogP contribution in [0.3, 0.4) is 0 Å². The molecule has 6 heteroatoms. The fourth-order valence-electron chi connectivity index (χ4n) is 1.60. The Bertz CT molecular complexity index is 720. The van der Waals surface area contributed by atoms with E-state index in [9.17, 15) is 9.18 Å². The van der Waals surface area contributed by atoms with E-state index in [1.54, 1.807) is 28.8 Å². The van der Waals surface area contributed by atoms with E-state index in [0.29, 0.717) is 15.6 Å². The van der Waals surface area contributed by atoms with Crippen LogP contribution in [0.2, 0.25) is 0 Å². The number of rotatable bonds is 3. The molecule has 3 nitrogen and oxygen atoms in total. The molecule has 0 N–H and O–H groups in total. The molecule has 0 aliphatic carbocycles. The molecule has 18 heavy (non-hydrogen) atoms. The van der Waals surface area contributed by atoms with Crippen molar-refractivity contribution in [2.75, 3.05) is 0 Å². The molecule has 0 aliphatic rings. The number of imidazole rings is 1. The molecule has 0 saturated carbocycles. The summed E-state index contributed by atoms with van der Waals surface area (Å²) in [4.78, 5) is 16.6. The largest absolute Gasteiger partial charge is 0.296 e. The number of aldehydes is 1. The minimum Gasteiger partial charge on any atom is -0.296 e. The molecule has 0 bridgehead atoms. The lowest BCUT2D eigenvalue weighted by Crippen LogP contribution is -1.89. The molecule has 0 unspecified atom stereocenters. The van der Waals surface area contributed by atoms with E-state index >= 15 is 0 Å². The standard InChI is InChI=1S/C12H7FN2OS2/c13-8-3-1-2-4-10(8)18-11-9(7-16)15-5-6-17-12(15)14-11/h1-7H. The van der Waals surface area contributed by atoms with Gasteiger partial charge in [0, 0.05) is 16.5 Å². The number of carbonyl (C=O) groups is 1. The van der Waals surface area contributed by atoms with Crippen LogP contribution in [0.1, 0.15) is 10.5 Å². The Morgan fingerprint density at radius 1 is 1.39 bits per heavy atom. The molecular formula is C12H7FN2OS2. The summed E-state index contributed by atoms with van der Waals surface area (Å²) in [6.07, 6.45) is 2.53. The van der Waals surface area contributed by atoms with Crippen molar-refractivity contribution in [3.05, 3.63) is 47.4 Å². The zero-order valence-electron chi connectivity index (χ0n) is 9.04. The molecule has 3 aromatic rings. The maximum atomic E-state index is 13.6. The molecular weight excluding hydrogens is 271 g/mol. The normalized spacial score (nSPS) is 10.9. The molecule has 0 spiro atoms. The van der Waals surface area contributed by atoms with Crippen molar-refractivity contribution in [1.29, 1.82) is 0 Å². The number of halogens is 1. The minimum atomic E-state index is -0.310. The number of aromatic nitrogens is 2. The third-order valence-electron chi connectivity index (χ3n) is 2.42. The van der Waals surface area contributed by atoms with E-state index in [0.717, 1.165) is 23.0 Å². The summed E-state index contributed by atoms with van der Waals surface area (Å²) < 4.78 is 15.3. The van der Waals surface area contributed by atoms with Crippen LogP contribution in [0.4, 0.5) is 4.39 Å². The summed E-state index contributed by atoms with van der Waals surface area (Å²) >= 11 is 2.60. The first kappa shape index (κ1) is 11.4. The predicted octanol–water partition coefficient (Wildman–Crippen LogP) is 3.50. The summed E-state index contributed by atoms with van der Waals surface area (Å²) in [5.74, 6) is -0.310. The average Bonchev–Trinajstić information content (AvgIpc) is 2.92. The molecule has 1 aromatic carbocycles. The average molecular weight is 278 g/mol. The van der Waals surface area contributed by atoms with Crippen LogP contribution in [-0.4, -0.2) is 15.7 Å². The lowest BCUT2D eigenvalue weighted by molar-refractivity contribution is 0.111. The van der Waals surface area contributed by atoms with E-state index in [1.807, 2.05) is 5.38 Å². The second-order valence-electron chi connectivity index (χ2n) is 3.51. The highest BCUT2D eigenvalue weighted by Crippen LogP contribution is 2.32. The maximum Gasteiger partial charge on any atom is 0.195 e. The van der Waals surface area contributed by atoms with Crippen LogP contribution >= 0.6 is 23.1 Å². The Balaban J connectivity index is 2.07. The van der Waals surface area contributed by atoms with Gasteiger partial charge in [-0.15, -0.1) is 11.3 Å². The number of carbonyl (C=O) groups excluding carboxylic acids is 1. The van der Waals surface area contributed by atoms with E-state index in [2.05, 4.69) is 4.98 Å². The number of benzene rings is 1. The summed E-state index contributed by atoms with van der Waals surface area (Å²) in [5.41, 5.74) is 0.458. The molecule has 90 valence electrons. The number of nitrogens with zero attached hydrogens (tertiary/aromatic N) is 2. The number of hydrogen-bond donors (Lipinski definition) is 0. The second kappa shape index (κ2) is 4.55. The van der Waals surface area contributed by atoms with Crippen molar-refractivity contribution in [2.45, 2.75) is 9.92 Å². The second-order valence-corrected chi connectivity index (χ2v) is 5.41. The Morgan fingerprint density at radius 2 is 2.22 bits per heavy atom. The summed E-state index contributed by atoms with van der Waals surface area (Å²) in [7, 11) is 0. The smallest absolute Gasteiger partial charge is 0.195 e. The van der Waals surface area contributed by atoms with Crippen molar-refractivity contribution >= 4 is 34.3 Å². The van der Waals surface area contributed by atoms with E-state index in [4.69, 9.17) is 0 Å². The lowest BCUT2D eigenvalue weighted by atomic mass is 10.3. The molecule has 0 fully saturated rings. The van der Waals surface area contributed by atoms with Gasteiger partial charge in [0.2, 0.25) is 0 Å². The minimum absolute atomic E-state index is 0.310. The first-order valence-electron chi connectivity index (χ1n) is 5.12. The first-order valence-corrected chi connectivity index (χ1v) is 6.82. The van der Waals surface area contributed by atoms with Gasteiger partial charge in [-0.05, 0) is 12.1 Å². The molecule has 0 aliphatic heterocycles. The summed E-state index contributed by atoms with van der Waals surface area (Å²) in [6.45, 7) is 0. The van der Waals surface area contributed by atoms with Gasteiger partial charge in [-0.25, -0.2) is 9.37 Å². The third kappa shape index (κ3) is 1.83. The number of thiazole rings is 1. The molecule has 0 atom stereocenters. The quantitative estimate of drug-likeness (QED) is 0.688. The van der Waals surface area contributed by atoms with Crippen molar-refractivity contribution in [1.82, 2.24) is 9.38 Å². The molecule has 2 aromatic heterocycles. The summed E-state index contributed by atoms with van der Waals surface area (Å²) in [5, 5.41) is 2.38. The monoisotopic (exact) mass is 278 g/mol. The zero-order chi connectivity index (χ0) is 12.5. The van der Waals surface area contributed by atoms with Gasteiger partial charge in [-0.2, -0.15) is 0 Å². The van der Waals surface area contributed by atoms with Gasteiger partial charge < -0.3 is 0 Å². The van der Waals surface area contributed by atoms with Gasteiger partial charge in [0.1, 0.15) is 16.5 Å². The highest BCUT2D eigenvalue weighted by atomic mass is 32.2. The van der Waals surface area contributed by atoms with Crippen molar-refractivity contribution in [2.24, 2.45) is 0 Å². The van der Waals surface area contributed by atoms with Gasteiger partial charge in [-0.1, -0.05) is 23.9 Å². The molecule has 0 saturated heterocycles.